The third-order valence-electron chi connectivity index (χ3n) is 4.23. The van der Waals surface area contributed by atoms with Crippen LogP contribution >= 0.6 is 11.6 Å². The van der Waals surface area contributed by atoms with E-state index in [1.165, 1.54) is 12.3 Å². The first-order valence-electron chi connectivity index (χ1n) is 7.72. The molecule has 0 aliphatic carbocycles. The summed E-state index contributed by atoms with van der Waals surface area (Å²) < 4.78 is 13.3. The van der Waals surface area contributed by atoms with Crippen molar-refractivity contribution in [2.75, 3.05) is 36.0 Å². The molecule has 7 heteroatoms. The number of halogens is 2. The molecule has 3 heterocycles. The highest BCUT2D eigenvalue weighted by atomic mass is 35.5. The molecular formula is C17H15ClFN5. The summed E-state index contributed by atoms with van der Waals surface area (Å²) in [5, 5.41) is 1.62. The summed E-state index contributed by atoms with van der Waals surface area (Å²) in [6, 6.07) is 8.93. The molecule has 0 bridgehead atoms. The molecule has 3 aromatic rings. The summed E-state index contributed by atoms with van der Waals surface area (Å²) >= 11 is 6.12. The number of aromatic nitrogens is 3. The van der Waals surface area contributed by atoms with Crippen LogP contribution in [0.25, 0.3) is 10.9 Å². The quantitative estimate of drug-likeness (QED) is 0.669. The molecule has 1 saturated heterocycles. The van der Waals surface area contributed by atoms with E-state index in [-0.39, 0.29) is 0 Å². The van der Waals surface area contributed by atoms with Crippen molar-refractivity contribution in [1.82, 2.24) is 15.0 Å². The fourth-order valence-corrected chi connectivity index (χ4v) is 3.20. The van der Waals surface area contributed by atoms with E-state index in [0.29, 0.717) is 5.02 Å². The van der Waals surface area contributed by atoms with Gasteiger partial charge >= 0.3 is 0 Å². The van der Waals surface area contributed by atoms with Crippen molar-refractivity contribution in [2.24, 2.45) is 0 Å². The molecule has 0 N–H and O–H groups in total. The van der Waals surface area contributed by atoms with Crippen LogP contribution in [0.5, 0.6) is 0 Å². The number of benzene rings is 1. The standard InChI is InChI=1S/C17H15ClFN5/c18-12-1-2-15-14(9-12)17(22-11-21-15)24-7-5-23(6-8-24)13-3-4-20-16(19)10-13/h1-4,9-11H,5-8H2. The Hall–Kier alpha value is -2.47. The van der Waals surface area contributed by atoms with Crippen molar-refractivity contribution in [3.8, 4) is 0 Å². The van der Waals surface area contributed by atoms with Crippen LogP contribution in [-0.4, -0.2) is 41.1 Å². The third-order valence-corrected chi connectivity index (χ3v) is 4.47. The van der Waals surface area contributed by atoms with Crippen molar-refractivity contribution in [1.29, 1.82) is 0 Å². The lowest BCUT2D eigenvalue weighted by Crippen LogP contribution is -2.47. The Morgan fingerprint density at radius 2 is 1.71 bits per heavy atom. The van der Waals surface area contributed by atoms with Gasteiger partial charge in [0.2, 0.25) is 5.95 Å². The molecule has 1 aromatic carbocycles. The zero-order chi connectivity index (χ0) is 16.5. The van der Waals surface area contributed by atoms with E-state index in [4.69, 9.17) is 11.6 Å². The van der Waals surface area contributed by atoms with Gasteiger partial charge in [0.15, 0.2) is 0 Å². The highest BCUT2D eigenvalue weighted by Gasteiger charge is 2.20. The van der Waals surface area contributed by atoms with E-state index >= 15 is 0 Å². The molecule has 2 aromatic heterocycles. The topological polar surface area (TPSA) is 45.2 Å². The first kappa shape index (κ1) is 15.1. The second-order valence-corrected chi connectivity index (χ2v) is 6.11. The number of nitrogens with zero attached hydrogens (tertiary/aromatic N) is 5. The van der Waals surface area contributed by atoms with Gasteiger partial charge in [-0.15, -0.1) is 0 Å². The van der Waals surface area contributed by atoms with E-state index in [1.807, 2.05) is 24.3 Å². The van der Waals surface area contributed by atoms with Gasteiger partial charge in [0.25, 0.3) is 0 Å². The van der Waals surface area contributed by atoms with Crippen LogP contribution in [0.15, 0.2) is 42.9 Å². The first-order valence-corrected chi connectivity index (χ1v) is 8.10. The van der Waals surface area contributed by atoms with Gasteiger partial charge in [0.1, 0.15) is 12.1 Å². The number of hydrogen-bond donors (Lipinski definition) is 0. The van der Waals surface area contributed by atoms with Gasteiger partial charge in [-0.25, -0.2) is 15.0 Å². The molecular weight excluding hydrogens is 329 g/mol. The van der Waals surface area contributed by atoms with Crippen molar-refractivity contribution in [3.63, 3.8) is 0 Å². The predicted octanol–water partition coefficient (Wildman–Crippen LogP) is 3.14. The lowest BCUT2D eigenvalue weighted by molar-refractivity contribution is 0.580. The molecule has 0 atom stereocenters. The van der Waals surface area contributed by atoms with Crippen LogP contribution in [0.2, 0.25) is 5.02 Å². The van der Waals surface area contributed by atoms with Gasteiger partial charge in [-0.1, -0.05) is 11.6 Å². The van der Waals surface area contributed by atoms with E-state index < -0.39 is 5.95 Å². The summed E-state index contributed by atoms with van der Waals surface area (Å²) in [7, 11) is 0. The number of rotatable bonds is 2. The number of fused-ring (bicyclic) bond motifs is 1. The average molecular weight is 344 g/mol. The Balaban J connectivity index is 1.57. The van der Waals surface area contributed by atoms with Gasteiger partial charge in [-0.2, -0.15) is 4.39 Å². The number of hydrogen-bond acceptors (Lipinski definition) is 5. The Bertz CT molecular complexity index is 880. The van der Waals surface area contributed by atoms with Gasteiger partial charge in [-0.3, -0.25) is 0 Å². The largest absolute Gasteiger partial charge is 0.368 e. The maximum atomic E-state index is 13.3. The molecule has 1 aliphatic heterocycles. The lowest BCUT2D eigenvalue weighted by Gasteiger charge is -2.37. The Labute approximate surface area is 143 Å². The van der Waals surface area contributed by atoms with Gasteiger partial charge in [0.05, 0.1) is 5.52 Å². The Kier molecular flexibility index (Phi) is 3.90. The zero-order valence-corrected chi connectivity index (χ0v) is 13.6. The van der Waals surface area contributed by atoms with Crippen molar-refractivity contribution < 1.29 is 4.39 Å². The molecule has 4 rings (SSSR count). The van der Waals surface area contributed by atoms with Crippen molar-refractivity contribution in [3.05, 3.63) is 53.8 Å². The molecule has 5 nitrogen and oxygen atoms in total. The Morgan fingerprint density at radius 3 is 2.50 bits per heavy atom. The van der Waals surface area contributed by atoms with Crippen molar-refractivity contribution >= 4 is 34.0 Å². The molecule has 0 spiro atoms. The maximum absolute atomic E-state index is 13.3. The molecule has 0 amide bonds. The average Bonchev–Trinajstić information content (AvgIpc) is 2.61. The minimum Gasteiger partial charge on any atom is -0.368 e. The van der Waals surface area contributed by atoms with E-state index in [0.717, 1.165) is 48.6 Å². The molecule has 0 radical (unpaired) electrons. The highest BCUT2D eigenvalue weighted by molar-refractivity contribution is 6.31. The molecule has 0 saturated carbocycles. The van der Waals surface area contributed by atoms with Crippen LogP contribution in [0.4, 0.5) is 15.9 Å². The van der Waals surface area contributed by atoms with E-state index in [2.05, 4.69) is 24.8 Å². The first-order chi connectivity index (χ1) is 11.7. The van der Waals surface area contributed by atoms with Crippen LogP contribution in [0.1, 0.15) is 0 Å². The second-order valence-electron chi connectivity index (χ2n) is 5.67. The molecule has 1 aliphatic rings. The minimum absolute atomic E-state index is 0.452. The number of anilines is 2. The fourth-order valence-electron chi connectivity index (χ4n) is 3.03. The van der Waals surface area contributed by atoms with Crippen LogP contribution in [0.3, 0.4) is 0 Å². The molecule has 24 heavy (non-hydrogen) atoms. The normalized spacial score (nSPS) is 15.1. The summed E-state index contributed by atoms with van der Waals surface area (Å²) in [6.45, 7) is 3.16. The summed E-state index contributed by atoms with van der Waals surface area (Å²) in [4.78, 5) is 16.7. The summed E-state index contributed by atoms with van der Waals surface area (Å²) in [6.07, 6.45) is 3.08. The maximum Gasteiger partial charge on any atom is 0.214 e. The van der Waals surface area contributed by atoms with E-state index in [1.54, 1.807) is 6.33 Å². The van der Waals surface area contributed by atoms with E-state index in [9.17, 15) is 4.39 Å². The lowest BCUT2D eigenvalue weighted by atomic mass is 10.2. The predicted molar refractivity (Wildman–Crippen MR) is 93.2 cm³/mol. The number of piperazine rings is 1. The van der Waals surface area contributed by atoms with Gasteiger partial charge in [0, 0.05) is 54.5 Å². The summed E-state index contributed by atoms with van der Waals surface area (Å²) in [5.74, 6) is 0.439. The SMILES string of the molecule is Fc1cc(N2CCN(c3ncnc4ccc(Cl)cc34)CC2)ccn1. The van der Waals surface area contributed by atoms with Crippen LogP contribution in [0, 0.1) is 5.95 Å². The smallest absolute Gasteiger partial charge is 0.214 e. The van der Waals surface area contributed by atoms with Crippen LogP contribution < -0.4 is 9.80 Å². The summed E-state index contributed by atoms with van der Waals surface area (Å²) in [5.41, 5.74) is 1.74. The Morgan fingerprint density at radius 1 is 0.917 bits per heavy atom. The molecule has 1 fully saturated rings. The highest BCUT2D eigenvalue weighted by Crippen LogP contribution is 2.27. The monoisotopic (exact) mass is 343 g/mol. The molecule has 122 valence electrons. The minimum atomic E-state index is -0.452. The fraction of sp³-hybridized carbons (Fsp3) is 0.235. The van der Waals surface area contributed by atoms with Crippen LogP contribution in [-0.2, 0) is 0 Å². The third kappa shape index (κ3) is 2.85. The van der Waals surface area contributed by atoms with Gasteiger partial charge < -0.3 is 9.80 Å². The second kappa shape index (κ2) is 6.20. The zero-order valence-electron chi connectivity index (χ0n) is 12.9. The van der Waals surface area contributed by atoms with Gasteiger partial charge in [-0.05, 0) is 24.3 Å². The number of pyridine rings is 1. The van der Waals surface area contributed by atoms with Crippen molar-refractivity contribution in [2.45, 2.75) is 0 Å². The molecule has 0 unspecified atom stereocenters.